The van der Waals surface area contributed by atoms with Gasteiger partial charge >= 0.3 is 11.9 Å². The number of carbonyl (C=O) groups excluding carboxylic acids is 2. The number of hydrogen-bond acceptors (Lipinski definition) is 6. The second-order valence-corrected chi connectivity index (χ2v) is 8.30. The Morgan fingerprint density at radius 3 is 2.07 bits per heavy atom. The van der Waals surface area contributed by atoms with Gasteiger partial charge in [0.25, 0.3) is 0 Å². The third kappa shape index (κ3) is 3.79. The van der Waals surface area contributed by atoms with Gasteiger partial charge in [-0.05, 0) is 36.6 Å². The molecular weight excluding hydrogens is 382 g/mol. The molecule has 0 unspecified atom stereocenters. The van der Waals surface area contributed by atoms with Crippen molar-refractivity contribution < 1.29 is 27.5 Å². The van der Waals surface area contributed by atoms with Crippen molar-refractivity contribution in [1.29, 1.82) is 0 Å². The first kappa shape index (κ1) is 20.0. The topological polar surface area (TPSA) is 90.0 Å². The quantitative estimate of drug-likeness (QED) is 0.713. The van der Waals surface area contributed by atoms with E-state index < -0.39 is 22.0 Å². The Hall–Kier alpha value is -2.71. The number of carbonyl (C=O) groups is 2. The Labute approximate surface area is 163 Å². The fourth-order valence-corrected chi connectivity index (χ4v) is 5.15. The third-order valence-corrected chi connectivity index (χ3v) is 6.63. The molecule has 1 heterocycles. The number of hydrogen-bond donors (Lipinski definition) is 0. The number of benzene rings is 2. The molecule has 0 radical (unpaired) electrons. The highest BCUT2D eigenvalue weighted by atomic mass is 32.2. The zero-order valence-electron chi connectivity index (χ0n) is 15.6. The van der Waals surface area contributed by atoms with Gasteiger partial charge in [0.2, 0.25) is 10.0 Å². The molecule has 28 heavy (non-hydrogen) atoms. The maximum absolute atomic E-state index is 13.4. The van der Waals surface area contributed by atoms with Crippen LogP contribution in [-0.4, -0.2) is 45.4 Å². The fourth-order valence-electron chi connectivity index (χ4n) is 3.39. The lowest BCUT2D eigenvalue weighted by molar-refractivity contribution is 0.0598. The predicted molar refractivity (Wildman–Crippen MR) is 101 cm³/mol. The number of esters is 2. The second-order valence-electron chi connectivity index (χ2n) is 6.41. The van der Waals surface area contributed by atoms with E-state index in [-0.39, 0.29) is 22.1 Å². The highest BCUT2D eigenvalue weighted by molar-refractivity contribution is 7.89. The van der Waals surface area contributed by atoms with Gasteiger partial charge in [-0.25, -0.2) is 18.0 Å². The average molecular weight is 403 g/mol. The summed E-state index contributed by atoms with van der Waals surface area (Å²) < 4.78 is 37.5. The Bertz CT molecular complexity index is 953. The van der Waals surface area contributed by atoms with Gasteiger partial charge in [0, 0.05) is 6.54 Å². The molecule has 148 valence electrons. The lowest BCUT2D eigenvalue weighted by Crippen LogP contribution is -2.31. The zero-order chi connectivity index (χ0) is 20.3. The first-order valence-electron chi connectivity index (χ1n) is 8.77. The van der Waals surface area contributed by atoms with Crippen LogP contribution in [-0.2, 0) is 19.5 Å². The Balaban J connectivity index is 2.07. The molecule has 3 rings (SSSR count). The van der Waals surface area contributed by atoms with Gasteiger partial charge in [-0.2, -0.15) is 4.31 Å². The van der Waals surface area contributed by atoms with Gasteiger partial charge in [0.15, 0.2) is 0 Å². The third-order valence-electron chi connectivity index (χ3n) is 4.74. The van der Waals surface area contributed by atoms with E-state index >= 15 is 0 Å². The second kappa shape index (κ2) is 8.12. The SMILES string of the molecule is COC(=O)c1cc(C(=O)OC)cc(S(=O)(=O)N2CCC[C@H]2c2ccccc2)c1. The van der Waals surface area contributed by atoms with Crippen molar-refractivity contribution in [3.63, 3.8) is 0 Å². The molecule has 0 saturated carbocycles. The van der Waals surface area contributed by atoms with Gasteiger partial charge in [-0.1, -0.05) is 30.3 Å². The molecule has 1 aliphatic rings. The summed E-state index contributed by atoms with van der Waals surface area (Å²) in [6.07, 6.45) is 1.42. The van der Waals surface area contributed by atoms with Crippen LogP contribution in [0.2, 0.25) is 0 Å². The Kier molecular flexibility index (Phi) is 5.81. The largest absolute Gasteiger partial charge is 0.465 e. The van der Waals surface area contributed by atoms with Gasteiger partial charge in [0.05, 0.1) is 36.3 Å². The summed E-state index contributed by atoms with van der Waals surface area (Å²) in [5, 5.41) is 0. The summed E-state index contributed by atoms with van der Waals surface area (Å²) in [6.45, 7) is 0.359. The number of ether oxygens (including phenoxy) is 2. The summed E-state index contributed by atoms with van der Waals surface area (Å²) in [5.41, 5.74) is 0.847. The molecule has 2 aromatic carbocycles. The molecular formula is C20H21NO6S. The molecule has 1 fully saturated rings. The minimum atomic E-state index is -3.95. The lowest BCUT2D eigenvalue weighted by atomic mass is 10.1. The number of methoxy groups -OCH3 is 2. The van der Waals surface area contributed by atoms with Crippen molar-refractivity contribution in [1.82, 2.24) is 4.31 Å². The van der Waals surface area contributed by atoms with E-state index in [0.29, 0.717) is 13.0 Å². The highest BCUT2D eigenvalue weighted by Gasteiger charge is 2.37. The summed E-state index contributed by atoms with van der Waals surface area (Å²) in [4.78, 5) is 23.8. The molecule has 0 amide bonds. The van der Waals surface area contributed by atoms with E-state index in [1.165, 1.54) is 36.7 Å². The van der Waals surface area contributed by atoms with E-state index in [4.69, 9.17) is 0 Å². The van der Waals surface area contributed by atoms with Crippen LogP contribution in [0, 0.1) is 0 Å². The van der Waals surface area contributed by atoms with Crippen LogP contribution in [0.15, 0.2) is 53.4 Å². The van der Waals surface area contributed by atoms with E-state index in [1.807, 2.05) is 30.3 Å². The standard InChI is InChI=1S/C20H21NO6S/c1-26-19(22)15-11-16(20(23)27-2)13-17(12-15)28(24,25)21-10-6-9-18(21)14-7-4-3-5-8-14/h3-5,7-8,11-13,18H,6,9-10H2,1-2H3/t18-/m0/s1. The van der Waals surface area contributed by atoms with Crippen LogP contribution in [0.4, 0.5) is 0 Å². The van der Waals surface area contributed by atoms with Crippen LogP contribution < -0.4 is 0 Å². The molecule has 0 spiro atoms. The van der Waals surface area contributed by atoms with E-state index in [1.54, 1.807) is 0 Å². The van der Waals surface area contributed by atoms with Crippen LogP contribution in [0.1, 0.15) is 45.2 Å². The van der Waals surface area contributed by atoms with Crippen molar-refractivity contribution in [2.75, 3.05) is 20.8 Å². The van der Waals surface area contributed by atoms with Crippen LogP contribution >= 0.6 is 0 Å². The molecule has 0 bridgehead atoms. The molecule has 0 aromatic heterocycles. The summed E-state index contributed by atoms with van der Waals surface area (Å²) in [6, 6.07) is 12.8. The monoisotopic (exact) mass is 403 g/mol. The zero-order valence-corrected chi connectivity index (χ0v) is 16.4. The van der Waals surface area contributed by atoms with Crippen LogP contribution in [0.5, 0.6) is 0 Å². The van der Waals surface area contributed by atoms with E-state index in [0.717, 1.165) is 12.0 Å². The fraction of sp³-hybridized carbons (Fsp3) is 0.300. The van der Waals surface area contributed by atoms with Gasteiger partial charge < -0.3 is 9.47 Å². The first-order valence-corrected chi connectivity index (χ1v) is 10.2. The van der Waals surface area contributed by atoms with Crippen molar-refractivity contribution in [3.8, 4) is 0 Å². The van der Waals surface area contributed by atoms with Crippen molar-refractivity contribution in [2.45, 2.75) is 23.8 Å². The summed E-state index contributed by atoms with van der Waals surface area (Å²) >= 11 is 0. The number of sulfonamides is 1. The number of nitrogens with zero attached hydrogens (tertiary/aromatic N) is 1. The lowest BCUT2D eigenvalue weighted by Gasteiger charge is -2.25. The Morgan fingerprint density at radius 2 is 1.54 bits per heavy atom. The molecule has 1 saturated heterocycles. The minimum absolute atomic E-state index is 0.0283. The van der Waals surface area contributed by atoms with Crippen LogP contribution in [0.3, 0.4) is 0 Å². The van der Waals surface area contributed by atoms with Crippen molar-refractivity contribution >= 4 is 22.0 Å². The highest BCUT2D eigenvalue weighted by Crippen LogP contribution is 2.36. The van der Waals surface area contributed by atoms with E-state index in [9.17, 15) is 18.0 Å². The molecule has 1 atom stereocenters. The van der Waals surface area contributed by atoms with Crippen molar-refractivity contribution in [3.05, 3.63) is 65.2 Å². The van der Waals surface area contributed by atoms with E-state index in [2.05, 4.69) is 9.47 Å². The van der Waals surface area contributed by atoms with Gasteiger partial charge in [-0.15, -0.1) is 0 Å². The summed E-state index contributed by atoms with van der Waals surface area (Å²) in [5.74, 6) is -1.47. The molecule has 1 aliphatic heterocycles. The Morgan fingerprint density at radius 1 is 0.964 bits per heavy atom. The number of rotatable bonds is 5. The van der Waals surface area contributed by atoms with Crippen molar-refractivity contribution in [2.24, 2.45) is 0 Å². The molecule has 0 N–H and O–H groups in total. The maximum atomic E-state index is 13.4. The smallest absolute Gasteiger partial charge is 0.337 e. The van der Waals surface area contributed by atoms with Crippen LogP contribution in [0.25, 0.3) is 0 Å². The average Bonchev–Trinajstić information content (AvgIpc) is 3.23. The molecule has 2 aromatic rings. The van der Waals surface area contributed by atoms with Gasteiger partial charge in [0.1, 0.15) is 0 Å². The first-order chi connectivity index (χ1) is 13.4. The minimum Gasteiger partial charge on any atom is -0.465 e. The van der Waals surface area contributed by atoms with Gasteiger partial charge in [-0.3, -0.25) is 0 Å². The molecule has 0 aliphatic carbocycles. The normalized spacial score (nSPS) is 17.3. The molecule has 7 nitrogen and oxygen atoms in total. The predicted octanol–water partition coefficient (Wildman–Crippen LogP) is 2.79. The maximum Gasteiger partial charge on any atom is 0.337 e. The summed E-state index contributed by atoms with van der Waals surface area (Å²) in [7, 11) is -1.57. The molecule has 8 heteroatoms.